The zero-order chi connectivity index (χ0) is 61.1. The fraction of sp³-hybridized carbons (Fsp3) is 0.281. The van der Waals surface area contributed by atoms with Crippen LogP contribution in [0.25, 0.3) is 0 Å². The third kappa shape index (κ3) is 20.9. The van der Waals surface area contributed by atoms with Crippen LogP contribution in [0.15, 0.2) is 172 Å². The van der Waals surface area contributed by atoms with E-state index < -0.39 is 0 Å². The molecule has 2 fully saturated rings. The van der Waals surface area contributed by atoms with Crippen LogP contribution < -0.4 is 55.3 Å². The summed E-state index contributed by atoms with van der Waals surface area (Å²) in [5.41, 5.74) is 12.2. The summed E-state index contributed by atoms with van der Waals surface area (Å²) in [4.78, 5) is 56.7. The quantitative estimate of drug-likeness (QED) is 0.00984. The van der Waals surface area contributed by atoms with Gasteiger partial charge in [-0.1, -0.05) is 52.1 Å². The van der Waals surface area contributed by atoms with Gasteiger partial charge in [0, 0.05) is 102 Å². The lowest BCUT2D eigenvalue weighted by Gasteiger charge is -2.24. The number of hydrogen-bond acceptors (Lipinski definition) is 17. The number of carbonyl (C=O) groups is 2. The van der Waals surface area contributed by atoms with Crippen LogP contribution in [0.3, 0.4) is 0 Å². The van der Waals surface area contributed by atoms with Gasteiger partial charge in [-0.05, 0) is 154 Å². The minimum absolute atomic E-state index is 0.0434. The Morgan fingerprint density at radius 1 is 0.659 bits per heavy atom. The molecule has 2 amide bonds. The maximum atomic E-state index is 11.6. The second kappa shape index (κ2) is 33.4. The Kier molecular flexibility index (Phi) is 25.4. The first-order valence-electron chi connectivity index (χ1n) is 28.0. The van der Waals surface area contributed by atoms with E-state index in [1.54, 1.807) is 60.7 Å². The number of hydrogen-bond donors (Lipinski definition) is 4. The molecule has 2 saturated carbocycles. The number of rotatable bonds is 26. The second-order valence-electron chi connectivity index (χ2n) is 19.3. The highest BCUT2D eigenvalue weighted by atomic mass is 35.5. The van der Waals surface area contributed by atoms with Gasteiger partial charge in [-0.3, -0.25) is 19.7 Å². The average Bonchev–Trinajstić information content (AvgIpc) is 4.64. The molecule has 9 rings (SSSR count). The van der Waals surface area contributed by atoms with Crippen molar-refractivity contribution < 1.29 is 33.5 Å². The van der Waals surface area contributed by atoms with Crippen LogP contribution in [-0.2, 0) is 9.59 Å². The lowest BCUT2D eigenvalue weighted by molar-refractivity contribution is -0.384. The molecule has 85 heavy (non-hydrogen) atoms. The number of ether oxygens (including phenoxy) is 4. The van der Waals surface area contributed by atoms with E-state index in [0.717, 1.165) is 67.8 Å². The van der Waals surface area contributed by atoms with Gasteiger partial charge in [-0.15, -0.1) is 6.58 Å². The smallest absolute Gasteiger partial charge is 0.269 e. The molecule has 0 radical (unpaired) electrons. The lowest BCUT2D eigenvalue weighted by atomic mass is 10.2. The minimum Gasteiger partial charge on any atom is -0.490 e. The number of anilines is 8. The van der Waals surface area contributed by atoms with Crippen molar-refractivity contribution >= 4 is 74.9 Å². The molecule has 7 aromatic rings. The number of carbonyl (C=O) groups excluding carboxylic acids is 2. The van der Waals surface area contributed by atoms with Crippen LogP contribution in [-0.4, -0.2) is 89.2 Å². The molecule has 0 saturated heterocycles. The van der Waals surface area contributed by atoms with E-state index in [-0.39, 0.29) is 39.5 Å². The lowest BCUT2D eigenvalue weighted by Crippen LogP contribution is -2.26. The number of benzene rings is 5. The van der Waals surface area contributed by atoms with Crippen LogP contribution in [0, 0.1) is 10.1 Å². The van der Waals surface area contributed by atoms with E-state index in [0.29, 0.717) is 46.4 Å². The summed E-state index contributed by atoms with van der Waals surface area (Å²) in [6, 6.07) is 38.3. The highest BCUT2D eigenvalue weighted by Gasteiger charge is 2.29. The fourth-order valence-corrected chi connectivity index (χ4v) is 8.55. The minimum atomic E-state index is -0.356. The molecule has 2 heterocycles. The van der Waals surface area contributed by atoms with E-state index in [9.17, 15) is 19.7 Å². The molecule has 0 unspecified atom stereocenters. The number of nitro benzene ring substituents is 1. The molecular weight excluding hydrogens is 1100 g/mol. The zero-order valence-corrected chi connectivity index (χ0v) is 49.5. The van der Waals surface area contributed by atoms with Crippen molar-refractivity contribution in [1.29, 1.82) is 0 Å². The van der Waals surface area contributed by atoms with E-state index in [4.69, 9.17) is 36.3 Å². The summed E-state index contributed by atoms with van der Waals surface area (Å²) in [5.74, 6) is 1.83. The monoisotopic (exact) mass is 1170 g/mol. The highest BCUT2D eigenvalue weighted by molar-refractivity contribution is 6.28. The van der Waals surface area contributed by atoms with Crippen LogP contribution in [0.4, 0.5) is 51.4 Å². The van der Waals surface area contributed by atoms with Gasteiger partial charge in [0.2, 0.25) is 23.0 Å². The summed E-state index contributed by atoms with van der Waals surface area (Å²) in [6.45, 7) is 21.2. The first-order valence-corrected chi connectivity index (χ1v) is 28.4. The predicted octanol–water partition coefficient (Wildman–Crippen LogP) is 14.2. The van der Waals surface area contributed by atoms with Gasteiger partial charge >= 0.3 is 0 Å². The topological polar surface area (TPSA) is 238 Å². The molecule has 20 nitrogen and oxygen atoms in total. The second-order valence-corrected chi connectivity index (χ2v) is 19.7. The van der Waals surface area contributed by atoms with Gasteiger partial charge in [-0.25, -0.2) is 9.97 Å². The molecule has 446 valence electrons. The van der Waals surface area contributed by atoms with E-state index >= 15 is 0 Å². The van der Waals surface area contributed by atoms with Crippen LogP contribution in [0.1, 0.15) is 65.7 Å². The molecule has 21 heteroatoms. The van der Waals surface area contributed by atoms with Crippen molar-refractivity contribution in [2.75, 3.05) is 76.8 Å². The SMILES string of the molecule is C=CC(=O)Nc1cccc(Oc2nc(Cl)ncc2OC)c1.C=CCN(CCC)c1ccc(Nc2ncc(OC)c(Oc3cccc(NC(=O)C=C)c3)n2)cc1.CCCN(c1ccc(N)cc1)C1CC1.CCCN(c1ccc([N+](=O)[O-])cc1)C1CC1. The molecular formula is C64H75ClN12O8. The number of nitro groups is 1. The Hall–Kier alpha value is -9.69. The number of methoxy groups -OCH3 is 2. The van der Waals surface area contributed by atoms with Gasteiger partial charge < -0.3 is 55.3 Å². The Labute approximate surface area is 502 Å². The van der Waals surface area contributed by atoms with Crippen LogP contribution >= 0.6 is 11.6 Å². The number of amides is 2. The Balaban J connectivity index is 0.000000194. The average molecular weight is 1180 g/mol. The van der Waals surface area contributed by atoms with E-state index in [1.165, 1.54) is 76.6 Å². The Bertz CT molecular complexity index is 3290. The summed E-state index contributed by atoms with van der Waals surface area (Å²) in [7, 11) is 2.99. The van der Waals surface area contributed by atoms with Gasteiger partial charge in [0.1, 0.15) is 11.5 Å². The van der Waals surface area contributed by atoms with Gasteiger partial charge in [-0.2, -0.15) is 9.97 Å². The molecule has 5 N–H and O–H groups in total. The first kappa shape index (κ1) is 64.5. The predicted molar refractivity (Wildman–Crippen MR) is 341 cm³/mol. The maximum absolute atomic E-state index is 11.6. The van der Waals surface area contributed by atoms with Crippen molar-refractivity contribution in [3.05, 3.63) is 187 Å². The van der Waals surface area contributed by atoms with Crippen molar-refractivity contribution in [3.8, 4) is 34.8 Å². The number of nitrogens with two attached hydrogens (primary N) is 1. The molecule has 0 bridgehead atoms. The molecule has 5 aromatic carbocycles. The molecule has 2 aromatic heterocycles. The molecule has 2 aliphatic rings. The number of halogens is 1. The number of non-ortho nitro benzene ring substituents is 1. The molecule has 0 aliphatic heterocycles. The van der Waals surface area contributed by atoms with E-state index in [1.807, 2.05) is 54.6 Å². The van der Waals surface area contributed by atoms with Gasteiger partial charge in [0.15, 0.2) is 11.5 Å². The summed E-state index contributed by atoms with van der Waals surface area (Å²) in [5, 5.41) is 19.1. The van der Waals surface area contributed by atoms with Crippen molar-refractivity contribution in [1.82, 2.24) is 19.9 Å². The van der Waals surface area contributed by atoms with Crippen molar-refractivity contribution in [3.63, 3.8) is 0 Å². The number of nitrogens with zero attached hydrogens (tertiary/aromatic N) is 8. The largest absolute Gasteiger partial charge is 0.490 e. The van der Waals surface area contributed by atoms with Crippen LogP contribution in [0.2, 0.25) is 5.28 Å². The van der Waals surface area contributed by atoms with Crippen LogP contribution in [0.5, 0.6) is 34.8 Å². The maximum Gasteiger partial charge on any atom is 0.269 e. The Morgan fingerprint density at radius 3 is 1.58 bits per heavy atom. The summed E-state index contributed by atoms with van der Waals surface area (Å²) in [6.07, 6.45) is 15.8. The standard InChI is InChI=1S/C26H29N5O3.C14H12ClN3O3.C12H16N2O2.C12H18N2/c1-5-15-31(16-6-2)21-13-11-19(12-14-21)29-26-27-18-23(33-4)25(30-26)34-22-10-8-9-20(17-22)28-24(32)7-3;1-3-12(19)17-9-5-4-6-10(7-9)21-13-11(20-2)8-16-14(15)18-13;1-2-9-13(10-3-4-10)11-5-7-12(8-6-11)14(15)16;1-2-9-14(12-7-8-12)11-5-3-10(13)4-6-11/h5,7-14,17-18H,1,3,6,15-16H2,2,4H3,(H,28,32)(H,27,29,30);3-8H,1H2,2H3,(H,17,19);5-8,10H,2-4,9H2,1H3;3-6,12H,2,7-9,13H2,1H3. The van der Waals surface area contributed by atoms with Gasteiger partial charge in [0.05, 0.1) is 31.5 Å². The van der Waals surface area contributed by atoms with Gasteiger partial charge in [0.25, 0.3) is 17.4 Å². The first-order chi connectivity index (χ1) is 41.2. The number of nitrogens with one attached hydrogen (secondary N) is 3. The molecule has 0 spiro atoms. The fourth-order valence-electron chi connectivity index (χ4n) is 8.43. The van der Waals surface area contributed by atoms with Crippen molar-refractivity contribution in [2.24, 2.45) is 0 Å². The normalized spacial score (nSPS) is 11.8. The molecule has 0 atom stereocenters. The number of aromatic nitrogens is 4. The summed E-state index contributed by atoms with van der Waals surface area (Å²) < 4.78 is 22.0. The zero-order valence-electron chi connectivity index (χ0n) is 48.8. The van der Waals surface area contributed by atoms with Crippen molar-refractivity contribution in [2.45, 2.75) is 77.8 Å². The van der Waals surface area contributed by atoms with E-state index in [2.05, 4.69) is 103 Å². The summed E-state index contributed by atoms with van der Waals surface area (Å²) >= 11 is 5.73. The Morgan fingerprint density at radius 2 is 1.13 bits per heavy atom. The highest BCUT2D eigenvalue weighted by Crippen LogP contribution is 2.35. The molecule has 2 aliphatic carbocycles. The third-order valence-corrected chi connectivity index (χ3v) is 12.9. The number of nitrogen functional groups attached to an aromatic ring is 1. The third-order valence-electron chi connectivity index (χ3n) is 12.7.